The van der Waals surface area contributed by atoms with Crippen LogP contribution in [0.25, 0.3) is 0 Å². The molecule has 1 rings (SSSR count). The minimum absolute atomic E-state index is 0.0318. The lowest BCUT2D eigenvalue weighted by Gasteiger charge is -2.31. The Balaban J connectivity index is 2.16. The molecule has 1 aliphatic rings. The maximum atomic E-state index is 14.2. The largest absolute Gasteiger partial charge is 0.473 e. The van der Waals surface area contributed by atoms with Gasteiger partial charge in [-0.3, -0.25) is 0 Å². The molecule has 0 radical (unpaired) electrons. The molecule has 0 saturated carbocycles. The van der Waals surface area contributed by atoms with E-state index in [9.17, 15) is 4.39 Å². The SMILES string of the molecule is CCCCCCCCCCC/C=C(\F)C1=NC(C)(C)CC(C)O1. The van der Waals surface area contributed by atoms with Crippen LogP contribution >= 0.6 is 0 Å². The third kappa shape index (κ3) is 9.12. The molecule has 0 aromatic heterocycles. The first-order valence-corrected chi connectivity index (χ1v) is 9.57. The fourth-order valence-corrected chi connectivity index (χ4v) is 3.16. The second-order valence-electron chi connectivity index (χ2n) is 7.53. The van der Waals surface area contributed by atoms with Crippen LogP contribution in [0.4, 0.5) is 4.39 Å². The molecule has 0 aliphatic carbocycles. The second-order valence-corrected chi connectivity index (χ2v) is 7.53. The maximum absolute atomic E-state index is 14.2. The van der Waals surface area contributed by atoms with Crippen molar-refractivity contribution in [1.29, 1.82) is 0 Å². The Morgan fingerprint density at radius 1 is 1.13 bits per heavy atom. The molecule has 3 heteroatoms. The van der Waals surface area contributed by atoms with Crippen molar-refractivity contribution in [3.05, 3.63) is 11.9 Å². The fourth-order valence-electron chi connectivity index (χ4n) is 3.16. The standard InChI is InChI=1S/C20H36FNO/c1-5-6-7-8-9-10-11-12-13-14-15-18(21)19-22-20(3,4)16-17(2)23-19/h15,17H,5-14,16H2,1-4H3/b18-15-. The summed E-state index contributed by atoms with van der Waals surface area (Å²) >= 11 is 0. The van der Waals surface area contributed by atoms with Gasteiger partial charge in [-0.25, -0.2) is 9.38 Å². The normalized spacial score (nSPS) is 21.0. The highest BCUT2D eigenvalue weighted by molar-refractivity contribution is 5.92. The number of halogens is 1. The van der Waals surface area contributed by atoms with E-state index in [-0.39, 0.29) is 23.4 Å². The molecule has 0 saturated heterocycles. The van der Waals surface area contributed by atoms with Gasteiger partial charge in [0.05, 0.1) is 5.54 Å². The van der Waals surface area contributed by atoms with E-state index in [0.717, 1.165) is 19.3 Å². The summed E-state index contributed by atoms with van der Waals surface area (Å²) in [6.45, 7) is 8.28. The fraction of sp³-hybridized carbons (Fsp3) is 0.850. The van der Waals surface area contributed by atoms with Crippen LogP contribution in [0.1, 0.15) is 98.3 Å². The van der Waals surface area contributed by atoms with Crippen molar-refractivity contribution in [3.63, 3.8) is 0 Å². The van der Waals surface area contributed by atoms with Gasteiger partial charge in [0.1, 0.15) is 6.10 Å². The van der Waals surface area contributed by atoms with Crippen LogP contribution in [-0.2, 0) is 4.74 Å². The lowest BCUT2D eigenvalue weighted by Crippen LogP contribution is -2.34. The molecule has 0 fully saturated rings. The third-order valence-corrected chi connectivity index (χ3v) is 4.34. The van der Waals surface area contributed by atoms with Gasteiger partial charge in [-0.05, 0) is 39.7 Å². The summed E-state index contributed by atoms with van der Waals surface area (Å²) < 4.78 is 19.7. The lowest BCUT2D eigenvalue weighted by atomic mass is 9.97. The first-order chi connectivity index (χ1) is 10.9. The minimum Gasteiger partial charge on any atom is -0.473 e. The van der Waals surface area contributed by atoms with Crippen LogP contribution in [0.15, 0.2) is 16.9 Å². The highest BCUT2D eigenvalue weighted by atomic mass is 19.1. The predicted octanol–water partition coefficient (Wildman–Crippen LogP) is 6.75. The average molecular weight is 326 g/mol. The van der Waals surface area contributed by atoms with Crippen LogP contribution < -0.4 is 0 Å². The summed E-state index contributed by atoms with van der Waals surface area (Å²) in [7, 11) is 0. The van der Waals surface area contributed by atoms with Gasteiger partial charge in [-0.15, -0.1) is 0 Å². The van der Waals surface area contributed by atoms with E-state index in [2.05, 4.69) is 11.9 Å². The average Bonchev–Trinajstić information content (AvgIpc) is 2.47. The predicted molar refractivity (Wildman–Crippen MR) is 97.7 cm³/mol. The zero-order valence-electron chi connectivity index (χ0n) is 15.7. The Kier molecular flexibility index (Phi) is 9.50. The van der Waals surface area contributed by atoms with Crippen molar-refractivity contribution in [2.45, 2.75) is 110 Å². The number of nitrogens with zero attached hydrogens (tertiary/aromatic N) is 1. The van der Waals surface area contributed by atoms with Gasteiger partial charge in [-0.2, -0.15) is 0 Å². The van der Waals surface area contributed by atoms with Crippen LogP contribution in [0.2, 0.25) is 0 Å². The summed E-state index contributed by atoms with van der Waals surface area (Å²) in [5.41, 5.74) is -0.226. The molecule has 0 aromatic rings. The van der Waals surface area contributed by atoms with Gasteiger partial charge in [0, 0.05) is 6.42 Å². The number of unbranched alkanes of at least 4 members (excludes halogenated alkanes) is 9. The Labute approximate surface area is 142 Å². The number of hydrogen-bond donors (Lipinski definition) is 0. The molecule has 23 heavy (non-hydrogen) atoms. The Bertz CT molecular complexity index is 387. The van der Waals surface area contributed by atoms with Gasteiger partial charge in [-0.1, -0.05) is 58.3 Å². The second kappa shape index (κ2) is 10.8. The molecular weight excluding hydrogens is 289 g/mol. The molecule has 0 amide bonds. The highest BCUT2D eigenvalue weighted by Crippen LogP contribution is 2.26. The minimum atomic E-state index is -0.288. The monoisotopic (exact) mass is 325 g/mol. The molecule has 1 aliphatic heterocycles. The number of rotatable bonds is 11. The summed E-state index contributed by atoms with van der Waals surface area (Å²) in [6.07, 6.45) is 14.9. The molecule has 134 valence electrons. The van der Waals surface area contributed by atoms with Crippen molar-refractivity contribution >= 4 is 5.90 Å². The summed E-state index contributed by atoms with van der Waals surface area (Å²) in [5.74, 6) is -0.0890. The van der Waals surface area contributed by atoms with E-state index < -0.39 is 0 Å². The zero-order valence-corrected chi connectivity index (χ0v) is 15.7. The maximum Gasteiger partial charge on any atom is 0.246 e. The van der Waals surface area contributed by atoms with Crippen LogP contribution in [0.3, 0.4) is 0 Å². The number of aliphatic imine (C=N–C) groups is 1. The van der Waals surface area contributed by atoms with E-state index in [0.29, 0.717) is 0 Å². The lowest BCUT2D eigenvalue weighted by molar-refractivity contribution is 0.142. The van der Waals surface area contributed by atoms with Gasteiger partial charge in [0.2, 0.25) is 5.90 Å². The summed E-state index contributed by atoms with van der Waals surface area (Å²) in [5, 5.41) is 0. The zero-order chi connectivity index (χ0) is 17.1. The molecule has 1 unspecified atom stereocenters. The van der Waals surface area contributed by atoms with E-state index in [1.165, 1.54) is 51.4 Å². The molecule has 0 spiro atoms. The number of hydrogen-bond acceptors (Lipinski definition) is 2. The van der Waals surface area contributed by atoms with Crippen molar-refractivity contribution in [1.82, 2.24) is 0 Å². The Morgan fingerprint density at radius 3 is 2.26 bits per heavy atom. The van der Waals surface area contributed by atoms with E-state index in [1.807, 2.05) is 20.8 Å². The summed E-state index contributed by atoms with van der Waals surface area (Å²) in [6, 6.07) is 0. The molecule has 0 bridgehead atoms. The van der Waals surface area contributed by atoms with Crippen LogP contribution in [0, 0.1) is 0 Å². The van der Waals surface area contributed by atoms with E-state index >= 15 is 0 Å². The first kappa shape index (κ1) is 20.2. The number of allylic oxidation sites excluding steroid dienone is 1. The summed E-state index contributed by atoms with van der Waals surface area (Å²) in [4.78, 5) is 4.38. The third-order valence-electron chi connectivity index (χ3n) is 4.34. The molecule has 0 N–H and O–H groups in total. The quantitative estimate of drug-likeness (QED) is 0.385. The van der Waals surface area contributed by atoms with E-state index in [1.54, 1.807) is 6.08 Å². The van der Waals surface area contributed by atoms with Gasteiger partial charge in [0.15, 0.2) is 5.83 Å². The van der Waals surface area contributed by atoms with Crippen LogP contribution in [-0.4, -0.2) is 17.5 Å². The van der Waals surface area contributed by atoms with Gasteiger partial charge < -0.3 is 4.74 Å². The Hall–Kier alpha value is -0.860. The van der Waals surface area contributed by atoms with Crippen molar-refractivity contribution in [2.24, 2.45) is 4.99 Å². The first-order valence-electron chi connectivity index (χ1n) is 9.57. The molecular formula is C20H36FNO. The Morgan fingerprint density at radius 2 is 1.70 bits per heavy atom. The molecule has 2 nitrogen and oxygen atoms in total. The van der Waals surface area contributed by atoms with Gasteiger partial charge in [0.25, 0.3) is 0 Å². The highest BCUT2D eigenvalue weighted by Gasteiger charge is 2.29. The number of ether oxygens (including phenoxy) is 1. The smallest absolute Gasteiger partial charge is 0.246 e. The van der Waals surface area contributed by atoms with Crippen molar-refractivity contribution < 1.29 is 9.13 Å². The van der Waals surface area contributed by atoms with Gasteiger partial charge >= 0.3 is 0 Å². The molecule has 1 heterocycles. The topological polar surface area (TPSA) is 21.6 Å². The van der Waals surface area contributed by atoms with Crippen molar-refractivity contribution in [3.8, 4) is 0 Å². The van der Waals surface area contributed by atoms with Crippen molar-refractivity contribution in [2.75, 3.05) is 0 Å². The van der Waals surface area contributed by atoms with E-state index in [4.69, 9.17) is 4.74 Å². The molecule has 1 atom stereocenters. The van der Waals surface area contributed by atoms with Crippen LogP contribution in [0.5, 0.6) is 0 Å². The molecule has 0 aromatic carbocycles.